The molecular formula is C11H16N2. The second kappa shape index (κ2) is 3.38. The van der Waals surface area contributed by atoms with Crippen LogP contribution in [0.4, 0.5) is 5.69 Å². The number of hydrogen-bond donors (Lipinski definition) is 2. The summed E-state index contributed by atoms with van der Waals surface area (Å²) < 4.78 is 0. The number of benzene rings is 1. The smallest absolute Gasteiger partial charge is 0.0323 e. The van der Waals surface area contributed by atoms with Crippen LogP contribution >= 0.6 is 0 Å². The fraction of sp³-hybridized carbons (Fsp3) is 0.455. The number of rotatable bonds is 1. The molecule has 0 amide bonds. The Morgan fingerprint density at radius 2 is 2.31 bits per heavy atom. The maximum absolute atomic E-state index is 5.71. The molecule has 70 valence electrons. The normalized spacial score (nSPS) is 22.1. The van der Waals surface area contributed by atoms with Crippen LogP contribution in [0.25, 0.3) is 0 Å². The van der Waals surface area contributed by atoms with Crippen LogP contribution in [-0.4, -0.2) is 6.54 Å². The standard InChI is InChI=1S/C11H16N2/c1-8-7-9(12)4-5-10(8)11-3-2-6-13-11/h4-5,7,11,13H,2-3,6,12H2,1H3/t11-/m1/s1. The first-order chi connectivity index (χ1) is 6.27. The molecule has 0 aliphatic carbocycles. The topological polar surface area (TPSA) is 38.0 Å². The molecule has 1 atom stereocenters. The first-order valence-electron chi connectivity index (χ1n) is 4.87. The third-order valence-electron chi connectivity index (χ3n) is 2.73. The summed E-state index contributed by atoms with van der Waals surface area (Å²) in [6, 6.07) is 6.74. The third kappa shape index (κ3) is 1.68. The van der Waals surface area contributed by atoms with E-state index in [0.29, 0.717) is 6.04 Å². The number of nitrogens with two attached hydrogens (primary N) is 1. The van der Waals surface area contributed by atoms with Crippen molar-refractivity contribution in [2.24, 2.45) is 0 Å². The predicted molar refractivity (Wildman–Crippen MR) is 55.6 cm³/mol. The van der Waals surface area contributed by atoms with Gasteiger partial charge in [0.15, 0.2) is 0 Å². The van der Waals surface area contributed by atoms with Crippen molar-refractivity contribution in [3.8, 4) is 0 Å². The van der Waals surface area contributed by atoms with Crippen molar-refractivity contribution >= 4 is 5.69 Å². The SMILES string of the molecule is Cc1cc(N)ccc1[C@H]1CCCN1. The largest absolute Gasteiger partial charge is 0.399 e. The molecule has 0 saturated carbocycles. The van der Waals surface area contributed by atoms with Gasteiger partial charge in [0.25, 0.3) is 0 Å². The summed E-state index contributed by atoms with van der Waals surface area (Å²) in [5.41, 5.74) is 9.28. The van der Waals surface area contributed by atoms with Crippen molar-refractivity contribution < 1.29 is 0 Å². The molecule has 3 N–H and O–H groups in total. The zero-order chi connectivity index (χ0) is 9.26. The highest BCUT2D eigenvalue weighted by Gasteiger charge is 2.17. The minimum Gasteiger partial charge on any atom is -0.399 e. The van der Waals surface area contributed by atoms with Crippen LogP contribution < -0.4 is 11.1 Å². The lowest BCUT2D eigenvalue weighted by molar-refractivity contribution is 0.644. The first kappa shape index (κ1) is 8.57. The average Bonchev–Trinajstić information content (AvgIpc) is 2.56. The minimum atomic E-state index is 0.556. The second-order valence-corrected chi connectivity index (χ2v) is 3.76. The Labute approximate surface area is 79.1 Å². The Hall–Kier alpha value is -1.02. The van der Waals surface area contributed by atoms with E-state index < -0.39 is 0 Å². The van der Waals surface area contributed by atoms with E-state index in [0.717, 1.165) is 12.2 Å². The molecular weight excluding hydrogens is 160 g/mol. The van der Waals surface area contributed by atoms with Crippen molar-refractivity contribution in [3.63, 3.8) is 0 Å². The van der Waals surface area contributed by atoms with Crippen LogP contribution in [0.15, 0.2) is 18.2 Å². The molecule has 0 aromatic heterocycles. The summed E-state index contributed by atoms with van der Waals surface area (Å²) in [5, 5.41) is 3.49. The molecule has 1 fully saturated rings. The van der Waals surface area contributed by atoms with Crippen LogP contribution in [0, 0.1) is 6.92 Å². The van der Waals surface area contributed by atoms with Gasteiger partial charge in [-0.2, -0.15) is 0 Å². The van der Waals surface area contributed by atoms with E-state index in [9.17, 15) is 0 Å². The Balaban J connectivity index is 2.29. The molecule has 1 aromatic carbocycles. The van der Waals surface area contributed by atoms with Crippen molar-refractivity contribution in [1.82, 2.24) is 5.32 Å². The number of nitrogen functional groups attached to an aromatic ring is 1. The van der Waals surface area contributed by atoms with Crippen LogP contribution in [-0.2, 0) is 0 Å². The Bertz CT molecular complexity index is 301. The summed E-state index contributed by atoms with van der Waals surface area (Å²) in [4.78, 5) is 0. The van der Waals surface area contributed by atoms with E-state index >= 15 is 0 Å². The van der Waals surface area contributed by atoms with Crippen molar-refractivity contribution in [3.05, 3.63) is 29.3 Å². The highest BCUT2D eigenvalue weighted by Crippen LogP contribution is 2.26. The number of aryl methyl sites for hydroxylation is 1. The zero-order valence-electron chi connectivity index (χ0n) is 8.01. The first-order valence-corrected chi connectivity index (χ1v) is 4.87. The van der Waals surface area contributed by atoms with Crippen LogP contribution in [0.2, 0.25) is 0 Å². The van der Waals surface area contributed by atoms with Gasteiger partial charge >= 0.3 is 0 Å². The van der Waals surface area contributed by atoms with E-state index in [2.05, 4.69) is 24.4 Å². The molecule has 13 heavy (non-hydrogen) atoms. The minimum absolute atomic E-state index is 0.556. The molecule has 0 radical (unpaired) electrons. The van der Waals surface area contributed by atoms with E-state index in [-0.39, 0.29) is 0 Å². The predicted octanol–water partition coefficient (Wildman–Crippen LogP) is 2.00. The molecule has 0 spiro atoms. The summed E-state index contributed by atoms with van der Waals surface area (Å²) in [6.45, 7) is 3.28. The molecule has 1 aliphatic rings. The van der Waals surface area contributed by atoms with Crippen molar-refractivity contribution in [2.75, 3.05) is 12.3 Å². The van der Waals surface area contributed by atoms with Gasteiger partial charge in [0.2, 0.25) is 0 Å². The quantitative estimate of drug-likeness (QED) is 0.642. The van der Waals surface area contributed by atoms with Gasteiger partial charge in [0.1, 0.15) is 0 Å². The molecule has 2 rings (SSSR count). The van der Waals surface area contributed by atoms with Gasteiger partial charge in [-0.15, -0.1) is 0 Å². The highest BCUT2D eigenvalue weighted by molar-refractivity contribution is 5.45. The molecule has 1 aromatic rings. The molecule has 1 aliphatic heterocycles. The van der Waals surface area contributed by atoms with Gasteiger partial charge in [0, 0.05) is 11.7 Å². The molecule has 1 saturated heterocycles. The highest BCUT2D eigenvalue weighted by atomic mass is 14.9. The van der Waals surface area contributed by atoms with Gasteiger partial charge in [-0.05, 0) is 49.6 Å². The maximum atomic E-state index is 5.71. The Morgan fingerprint density at radius 3 is 2.92 bits per heavy atom. The van der Waals surface area contributed by atoms with E-state index in [1.165, 1.54) is 24.0 Å². The van der Waals surface area contributed by atoms with Crippen molar-refractivity contribution in [1.29, 1.82) is 0 Å². The number of hydrogen-bond acceptors (Lipinski definition) is 2. The molecule has 2 heteroatoms. The molecule has 2 nitrogen and oxygen atoms in total. The van der Waals surface area contributed by atoms with Gasteiger partial charge in [0.05, 0.1) is 0 Å². The van der Waals surface area contributed by atoms with Crippen LogP contribution in [0.1, 0.15) is 30.0 Å². The fourth-order valence-corrected chi connectivity index (χ4v) is 2.04. The lowest BCUT2D eigenvalue weighted by Crippen LogP contribution is -2.13. The van der Waals surface area contributed by atoms with Gasteiger partial charge < -0.3 is 11.1 Å². The number of anilines is 1. The maximum Gasteiger partial charge on any atom is 0.0323 e. The Morgan fingerprint density at radius 1 is 1.46 bits per heavy atom. The van der Waals surface area contributed by atoms with Crippen LogP contribution in [0.3, 0.4) is 0 Å². The molecule has 1 heterocycles. The lowest BCUT2D eigenvalue weighted by Gasteiger charge is -2.13. The molecule has 0 bridgehead atoms. The third-order valence-corrected chi connectivity index (χ3v) is 2.73. The summed E-state index contributed by atoms with van der Waals surface area (Å²) >= 11 is 0. The zero-order valence-corrected chi connectivity index (χ0v) is 8.01. The number of nitrogens with one attached hydrogen (secondary N) is 1. The van der Waals surface area contributed by atoms with Gasteiger partial charge in [-0.3, -0.25) is 0 Å². The van der Waals surface area contributed by atoms with Gasteiger partial charge in [-0.1, -0.05) is 6.07 Å². The van der Waals surface area contributed by atoms with Crippen molar-refractivity contribution in [2.45, 2.75) is 25.8 Å². The van der Waals surface area contributed by atoms with Gasteiger partial charge in [-0.25, -0.2) is 0 Å². The summed E-state index contributed by atoms with van der Waals surface area (Å²) in [5.74, 6) is 0. The van der Waals surface area contributed by atoms with E-state index in [1.807, 2.05) is 6.07 Å². The lowest BCUT2D eigenvalue weighted by atomic mass is 10.00. The van der Waals surface area contributed by atoms with E-state index in [4.69, 9.17) is 5.73 Å². The second-order valence-electron chi connectivity index (χ2n) is 3.76. The average molecular weight is 176 g/mol. The fourth-order valence-electron chi connectivity index (χ4n) is 2.04. The van der Waals surface area contributed by atoms with E-state index in [1.54, 1.807) is 0 Å². The summed E-state index contributed by atoms with van der Waals surface area (Å²) in [6.07, 6.45) is 2.54. The Kier molecular flexibility index (Phi) is 2.23. The summed E-state index contributed by atoms with van der Waals surface area (Å²) in [7, 11) is 0. The molecule has 0 unspecified atom stereocenters. The monoisotopic (exact) mass is 176 g/mol. The van der Waals surface area contributed by atoms with Crippen LogP contribution in [0.5, 0.6) is 0 Å².